The number of benzene rings is 1. The molecule has 0 aliphatic rings. The number of phenols is 1. The number of aryl methyl sites for hydroxylation is 1. The van der Waals surface area contributed by atoms with Gasteiger partial charge in [-0.15, -0.1) is 0 Å². The predicted octanol–water partition coefficient (Wildman–Crippen LogP) is 3.03. The number of hydrogen-bond donors (Lipinski definition) is 3. The first-order chi connectivity index (χ1) is 10.2. The smallest absolute Gasteiger partial charge is 0.160 e. The van der Waals surface area contributed by atoms with Crippen LogP contribution in [0.25, 0.3) is 0 Å². The van der Waals surface area contributed by atoms with Crippen LogP contribution < -0.4 is 4.74 Å². The van der Waals surface area contributed by atoms with E-state index in [-0.39, 0.29) is 18.5 Å². The lowest BCUT2D eigenvalue weighted by Gasteiger charge is -2.11. The van der Waals surface area contributed by atoms with Gasteiger partial charge in [0.1, 0.15) is 0 Å². The Labute approximate surface area is 127 Å². The largest absolute Gasteiger partial charge is 0.504 e. The molecule has 0 amide bonds. The summed E-state index contributed by atoms with van der Waals surface area (Å²) >= 11 is 0. The van der Waals surface area contributed by atoms with Gasteiger partial charge >= 0.3 is 0 Å². The predicted molar refractivity (Wildman–Crippen MR) is 83.8 cm³/mol. The SMILES string of the molecule is COc1cc(CCC(O)CCCCCCCO)ccc1O. The van der Waals surface area contributed by atoms with Crippen molar-refractivity contribution in [2.45, 2.75) is 57.5 Å². The van der Waals surface area contributed by atoms with Gasteiger partial charge in [-0.25, -0.2) is 0 Å². The molecule has 0 aromatic heterocycles. The lowest BCUT2D eigenvalue weighted by molar-refractivity contribution is 0.151. The average molecular weight is 296 g/mol. The Morgan fingerprint density at radius 1 is 1.05 bits per heavy atom. The highest BCUT2D eigenvalue weighted by Gasteiger charge is 2.07. The fourth-order valence-corrected chi connectivity index (χ4v) is 2.38. The van der Waals surface area contributed by atoms with Crippen LogP contribution >= 0.6 is 0 Å². The van der Waals surface area contributed by atoms with Gasteiger partial charge in [0.2, 0.25) is 0 Å². The molecular formula is C17H28O4. The summed E-state index contributed by atoms with van der Waals surface area (Å²) in [4.78, 5) is 0. The van der Waals surface area contributed by atoms with Gasteiger partial charge in [0.05, 0.1) is 13.2 Å². The van der Waals surface area contributed by atoms with Crippen molar-refractivity contribution < 1.29 is 20.1 Å². The average Bonchev–Trinajstić information content (AvgIpc) is 2.50. The van der Waals surface area contributed by atoms with Crippen LogP contribution in [0.5, 0.6) is 11.5 Å². The van der Waals surface area contributed by atoms with Gasteiger partial charge in [0, 0.05) is 6.61 Å². The Morgan fingerprint density at radius 3 is 2.48 bits per heavy atom. The summed E-state index contributed by atoms with van der Waals surface area (Å²) < 4.78 is 5.07. The molecule has 0 bridgehead atoms. The molecule has 0 aliphatic carbocycles. The molecule has 1 aromatic carbocycles. The molecule has 0 heterocycles. The van der Waals surface area contributed by atoms with Gasteiger partial charge in [0.25, 0.3) is 0 Å². The molecule has 1 aromatic rings. The second kappa shape index (κ2) is 10.5. The van der Waals surface area contributed by atoms with Crippen molar-refractivity contribution in [3.05, 3.63) is 23.8 Å². The molecule has 0 aliphatic heterocycles. The van der Waals surface area contributed by atoms with E-state index in [1.54, 1.807) is 6.07 Å². The number of ether oxygens (including phenoxy) is 1. The second-order valence-corrected chi connectivity index (χ2v) is 5.48. The molecule has 0 saturated carbocycles. The molecule has 21 heavy (non-hydrogen) atoms. The van der Waals surface area contributed by atoms with E-state index in [0.717, 1.165) is 56.9 Å². The quantitative estimate of drug-likeness (QED) is 0.549. The number of aliphatic hydroxyl groups excluding tert-OH is 2. The summed E-state index contributed by atoms with van der Waals surface area (Å²) in [5, 5.41) is 28.2. The number of unbranched alkanes of at least 4 members (excludes halogenated alkanes) is 4. The molecule has 1 atom stereocenters. The topological polar surface area (TPSA) is 69.9 Å². The van der Waals surface area contributed by atoms with E-state index in [4.69, 9.17) is 9.84 Å². The third-order valence-corrected chi connectivity index (χ3v) is 3.71. The maximum absolute atomic E-state index is 9.97. The van der Waals surface area contributed by atoms with Crippen LogP contribution in [-0.2, 0) is 6.42 Å². The molecule has 4 heteroatoms. The van der Waals surface area contributed by atoms with Crippen LogP contribution in [0.1, 0.15) is 50.5 Å². The lowest BCUT2D eigenvalue weighted by Crippen LogP contribution is -2.07. The molecule has 4 nitrogen and oxygen atoms in total. The third kappa shape index (κ3) is 7.34. The van der Waals surface area contributed by atoms with Crippen molar-refractivity contribution in [2.75, 3.05) is 13.7 Å². The van der Waals surface area contributed by atoms with E-state index in [9.17, 15) is 10.2 Å². The van der Waals surface area contributed by atoms with Crippen LogP contribution in [0.3, 0.4) is 0 Å². The number of methoxy groups -OCH3 is 1. The lowest BCUT2D eigenvalue weighted by atomic mass is 10.0. The number of aromatic hydroxyl groups is 1. The summed E-state index contributed by atoms with van der Waals surface area (Å²) in [7, 11) is 1.53. The Balaban J connectivity index is 2.19. The van der Waals surface area contributed by atoms with Gasteiger partial charge in [0.15, 0.2) is 11.5 Å². The fourth-order valence-electron chi connectivity index (χ4n) is 2.38. The summed E-state index contributed by atoms with van der Waals surface area (Å²) in [5.41, 5.74) is 1.06. The zero-order chi connectivity index (χ0) is 15.5. The Hall–Kier alpha value is -1.26. The van der Waals surface area contributed by atoms with Gasteiger partial charge in [-0.2, -0.15) is 0 Å². The van der Waals surface area contributed by atoms with Gasteiger partial charge in [-0.3, -0.25) is 0 Å². The summed E-state index contributed by atoms with van der Waals surface area (Å²) in [6.07, 6.45) is 7.28. The Morgan fingerprint density at radius 2 is 1.76 bits per heavy atom. The van der Waals surface area contributed by atoms with Crippen molar-refractivity contribution in [1.82, 2.24) is 0 Å². The molecule has 120 valence electrons. The van der Waals surface area contributed by atoms with Gasteiger partial charge in [-0.1, -0.05) is 31.7 Å². The van der Waals surface area contributed by atoms with E-state index < -0.39 is 0 Å². The van der Waals surface area contributed by atoms with Crippen LogP contribution in [0.4, 0.5) is 0 Å². The summed E-state index contributed by atoms with van der Waals surface area (Å²) in [6, 6.07) is 5.30. The molecule has 0 fully saturated rings. The molecule has 0 radical (unpaired) electrons. The van der Waals surface area contributed by atoms with Crippen LogP contribution in [0.2, 0.25) is 0 Å². The maximum atomic E-state index is 9.97. The molecule has 0 saturated heterocycles. The van der Waals surface area contributed by atoms with Crippen LogP contribution in [0.15, 0.2) is 18.2 Å². The van der Waals surface area contributed by atoms with Crippen LogP contribution in [-0.4, -0.2) is 35.1 Å². The first kappa shape index (κ1) is 17.8. The number of hydrogen-bond acceptors (Lipinski definition) is 4. The molecule has 0 spiro atoms. The van der Waals surface area contributed by atoms with E-state index in [1.807, 2.05) is 12.1 Å². The fraction of sp³-hybridized carbons (Fsp3) is 0.647. The zero-order valence-corrected chi connectivity index (χ0v) is 12.9. The van der Waals surface area contributed by atoms with Gasteiger partial charge in [-0.05, 0) is 43.4 Å². The first-order valence-corrected chi connectivity index (χ1v) is 7.82. The normalized spacial score (nSPS) is 12.3. The standard InChI is InChI=1S/C17H28O4/c1-21-17-13-14(9-11-16(17)20)8-10-15(19)7-5-3-2-4-6-12-18/h9,11,13,15,18-20H,2-8,10,12H2,1H3. The third-order valence-electron chi connectivity index (χ3n) is 3.71. The molecule has 1 unspecified atom stereocenters. The minimum absolute atomic E-state index is 0.143. The minimum Gasteiger partial charge on any atom is -0.504 e. The number of rotatable bonds is 11. The van der Waals surface area contributed by atoms with E-state index >= 15 is 0 Å². The van der Waals surface area contributed by atoms with Crippen molar-refractivity contribution in [3.8, 4) is 11.5 Å². The minimum atomic E-state index is -0.275. The highest BCUT2D eigenvalue weighted by molar-refractivity contribution is 5.41. The highest BCUT2D eigenvalue weighted by atomic mass is 16.5. The van der Waals surface area contributed by atoms with Crippen molar-refractivity contribution >= 4 is 0 Å². The monoisotopic (exact) mass is 296 g/mol. The van der Waals surface area contributed by atoms with E-state index in [1.165, 1.54) is 7.11 Å². The number of aliphatic hydroxyl groups is 2. The molecular weight excluding hydrogens is 268 g/mol. The van der Waals surface area contributed by atoms with Crippen LogP contribution in [0, 0.1) is 0 Å². The summed E-state index contributed by atoms with van der Waals surface area (Å²) in [5.74, 6) is 0.621. The van der Waals surface area contributed by atoms with E-state index in [0.29, 0.717) is 5.75 Å². The zero-order valence-electron chi connectivity index (χ0n) is 12.9. The highest BCUT2D eigenvalue weighted by Crippen LogP contribution is 2.27. The van der Waals surface area contributed by atoms with Crippen molar-refractivity contribution in [2.24, 2.45) is 0 Å². The number of phenolic OH excluding ortho intramolecular Hbond substituents is 1. The first-order valence-electron chi connectivity index (χ1n) is 7.82. The van der Waals surface area contributed by atoms with Crippen molar-refractivity contribution in [1.29, 1.82) is 0 Å². The molecule has 1 rings (SSSR count). The van der Waals surface area contributed by atoms with Gasteiger partial charge < -0.3 is 20.1 Å². The maximum Gasteiger partial charge on any atom is 0.160 e. The Kier molecular flexibility index (Phi) is 8.87. The second-order valence-electron chi connectivity index (χ2n) is 5.48. The summed E-state index contributed by atoms with van der Waals surface area (Å²) in [6.45, 7) is 0.277. The van der Waals surface area contributed by atoms with Crippen molar-refractivity contribution in [3.63, 3.8) is 0 Å². The molecule has 3 N–H and O–H groups in total. The Bertz CT molecular complexity index is 392. The van der Waals surface area contributed by atoms with E-state index in [2.05, 4.69) is 0 Å².